The van der Waals surface area contributed by atoms with E-state index in [9.17, 15) is 14.9 Å². The second kappa shape index (κ2) is 6.99. The molecule has 0 fully saturated rings. The molecule has 0 unspecified atom stereocenters. The number of benzene rings is 1. The largest absolute Gasteiger partial charge is 0.461 e. The maximum Gasteiger partial charge on any atom is 0.352 e. The molecule has 7 nitrogen and oxygen atoms in total. The first-order valence-electron chi connectivity index (χ1n) is 6.71. The summed E-state index contributed by atoms with van der Waals surface area (Å²) in [6.07, 6.45) is 1.72. The fourth-order valence-electron chi connectivity index (χ4n) is 1.77. The number of rotatable bonds is 6. The number of non-ortho nitro benzene ring substituents is 1. The van der Waals surface area contributed by atoms with Crippen molar-refractivity contribution in [2.45, 2.75) is 19.8 Å². The van der Waals surface area contributed by atoms with Crippen LogP contribution in [0.3, 0.4) is 0 Å². The number of carbonyl (C=O) groups excluding carboxylic acids is 1. The topological polar surface area (TPSA) is 108 Å². The van der Waals surface area contributed by atoms with Crippen molar-refractivity contribution >= 4 is 28.9 Å². The predicted molar refractivity (Wildman–Crippen MR) is 83.8 cm³/mol. The summed E-state index contributed by atoms with van der Waals surface area (Å²) in [4.78, 5) is 22.3. The van der Waals surface area contributed by atoms with Gasteiger partial charge in [-0.3, -0.25) is 10.1 Å². The van der Waals surface area contributed by atoms with Crippen molar-refractivity contribution in [3.63, 3.8) is 0 Å². The number of carbonyl (C=O) groups is 1. The Bertz CT molecular complexity index is 682. The number of hydrogen-bond donors (Lipinski definition) is 1. The van der Waals surface area contributed by atoms with E-state index in [4.69, 9.17) is 10.5 Å². The second-order valence-corrected chi connectivity index (χ2v) is 5.34. The summed E-state index contributed by atoms with van der Waals surface area (Å²) in [5, 5.41) is 10.6. The molecule has 0 saturated heterocycles. The highest BCUT2D eigenvalue weighted by molar-refractivity contribution is 7.09. The summed E-state index contributed by atoms with van der Waals surface area (Å²) in [7, 11) is 0. The van der Waals surface area contributed by atoms with E-state index in [1.54, 1.807) is 12.1 Å². The standard InChI is InChI=1S/C14H15N3O4S/c1-2-3-8-21-14(18)13-11(15)12(16-22-13)9-4-6-10(7-5-9)17(19)20/h4-7H,2-3,8,15H2,1H3. The Morgan fingerprint density at radius 1 is 1.41 bits per heavy atom. The summed E-state index contributed by atoms with van der Waals surface area (Å²) < 4.78 is 9.27. The molecule has 0 aliphatic heterocycles. The van der Waals surface area contributed by atoms with Gasteiger partial charge in [0, 0.05) is 17.7 Å². The number of nitrogens with zero attached hydrogens (tertiary/aromatic N) is 2. The molecule has 8 heteroatoms. The second-order valence-electron chi connectivity index (χ2n) is 4.57. The molecule has 2 aromatic rings. The average Bonchev–Trinajstić information content (AvgIpc) is 2.89. The third-order valence-corrected chi connectivity index (χ3v) is 3.84. The van der Waals surface area contributed by atoms with Crippen molar-refractivity contribution in [3.05, 3.63) is 39.3 Å². The van der Waals surface area contributed by atoms with Gasteiger partial charge in [0.25, 0.3) is 5.69 Å². The lowest BCUT2D eigenvalue weighted by Crippen LogP contribution is -2.06. The van der Waals surface area contributed by atoms with Crippen molar-refractivity contribution < 1.29 is 14.5 Å². The van der Waals surface area contributed by atoms with E-state index in [0.29, 0.717) is 17.9 Å². The van der Waals surface area contributed by atoms with Gasteiger partial charge in [-0.05, 0) is 30.1 Å². The first-order chi connectivity index (χ1) is 10.5. The highest BCUT2D eigenvalue weighted by atomic mass is 32.1. The summed E-state index contributed by atoms with van der Waals surface area (Å²) in [6, 6.07) is 5.84. The molecule has 0 radical (unpaired) electrons. The molecular weight excluding hydrogens is 306 g/mol. The van der Waals surface area contributed by atoms with Crippen LogP contribution in [0.2, 0.25) is 0 Å². The van der Waals surface area contributed by atoms with E-state index >= 15 is 0 Å². The van der Waals surface area contributed by atoms with Crippen LogP contribution in [0.4, 0.5) is 11.4 Å². The maximum atomic E-state index is 11.9. The molecule has 2 N–H and O–H groups in total. The third-order valence-electron chi connectivity index (χ3n) is 3.00. The Balaban J connectivity index is 2.19. The van der Waals surface area contributed by atoms with Crippen molar-refractivity contribution in [2.24, 2.45) is 0 Å². The number of unbranched alkanes of at least 4 members (excludes halogenated alkanes) is 1. The summed E-state index contributed by atoms with van der Waals surface area (Å²) in [5.74, 6) is -0.489. The molecule has 0 aliphatic carbocycles. The molecule has 2 rings (SSSR count). The van der Waals surface area contributed by atoms with Gasteiger partial charge in [-0.25, -0.2) is 4.79 Å². The monoisotopic (exact) mass is 321 g/mol. The predicted octanol–water partition coefficient (Wildman–Crippen LogP) is 3.26. The minimum absolute atomic E-state index is 0.0169. The van der Waals surface area contributed by atoms with Crippen LogP contribution in [0.5, 0.6) is 0 Å². The Hall–Kier alpha value is -2.48. The van der Waals surface area contributed by atoms with Gasteiger partial charge in [0.2, 0.25) is 0 Å². The number of nitro groups is 1. The van der Waals surface area contributed by atoms with Gasteiger partial charge in [0.15, 0.2) is 4.88 Å². The van der Waals surface area contributed by atoms with Crippen LogP contribution in [0.25, 0.3) is 11.3 Å². The van der Waals surface area contributed by atoms with Crippen LogP contribution in [0, 0.1) is 10.1 Å². The van der Waals surface area contributed by atoms with Gasteiger partial charge in [-0.15, -0.1) is 0 Å². The number of esters is 1. The van der Waals surface area contributed by atoms with E-state index in [-0.39, 0.29) is 16.3 Å². The molecule has 0 spiro atoms. The fraction of sp³-hybridized carbons (Fsp3) is 0.286. The van der Waals surface area contributed by atoms with Crippen molar-refractivity contribution in [2.75, 3.05) is 12.3 Å². The lowest BCUT2D eigenvalue weighted by atomic mass is 10.1. The average molecular weight is 321 g/mol. The third kappa shape index (κ3) is 3.40. The van der Waals surface area contributed by atoms with Crippen LogP contribution in [-0.2, 0) is 4.74 Å². The molecule has 1 heterocycles. The Kier molecular flexibility index (Phi) is 5.05. The SMILES string of the molecule is CCCCOC(=O)c1snc(-c2ccc([N+](=O)[O-])cc2)c1N. The first kappa shape index (κ1) is 15.9. The first-order valence-corrected chi connectivity index (χ1v) is 7.49. The number of nitrogen functional groups attached to an aromatic ring is 1. The Morgan fingerprint density at radius 3 is 2.68 bits per heavy atom. The number of nitro benzene ring substituents is 1. The van der Waals surface area contributed by atoms with Gasteiger partial charge in [0.05, 0.1) is 17.2 Å². The highest BCUT2D eigenvalue weighted by Gasteiger charge is 2.20. The Morgan fingerprint density at radius 2 is 2.09 bits per heavy atom. The van der Waals surface area contributed by atoms with Gasteiger partial charge < -0.3 is 10.5 Å². The van der Waals surface area contributed by atoms with Crippen molar-refractivity contribution in [1.82, 2.24) is 4.37 Å². The van der Waals surface area contributed by atoms with Crippen LogP contribution in [0.1, 0.15) is 29.4 Å². The molecule has 0 atom stereocenters. The van der Waals surface area contributed by atoms with Crippen molar-refractivity contribution in [3.8, 4) is 11.3 Å². The number of aromatic nitrogens is 1. The lowest BCUT2D eigenvalue weighted by Gasteiger charge is -2.03. The van der Waals surface area contributed by atoms with E-state index in [0.717, 1.165) is 24.4 Å². The van der Waals surface area contributed by atoms with Gasteiger partial charge in [-0.2, -0.15) is 4.37 Å². The molecule has 116 valence electrons. The molecular formula is C14H15N3O4S. The minimum atomic E-state index is -0.489. The number of ether oxygens (including phenoxy) is 1. The van der Waals surface area contributed by atoms with Crippen LogP contribution in [0.15, 0.2) is 24.3 Å². The molecule has 0 saturated carbocycles. The maximum absolute atomic E-state index is 11.9. The summed E-state index contributed by atoms with van der Waals surface area (Å²) in [5.41, 5.74) is 7.22. The van der Waals surface area contributed by atoms with Crippen LogP contribution in [-0.4, -0.2) is 21.9 Å². The van der Waals surface area contributed by atoms with E-state index in [2.05, 4.69) is 4.37 Å². The quantitative estimate of drug-likeness (QED) is 0.378. The minimum Gasteiger partial charge on any atom is -0.461 e. The molecule has 0 bridgehead atoms. The van der Waals surface area contributed by atoms with E-state index in [1.807, 2.05) is 6.92 Å². The molecule has 22 heavy (non-hydrogen) atoms. The molecule has 1 aromatic heterocycles. The van der Waals surface area contributed by atoms with Gasteiger partial charge in [0.1, 0.15) is 5.69 Å². The summed E-state index contributed by atoms with van der Waals surface area (Å²) in [6.45, 7) is 2.35. The highest BCUT2D eigenvalue weighted by Crippen LogP contribution is 2.32. The smallest absolute Gasteiger partial charge is 0.352 e. The van der Waals surface area contributed by atoms with Gasteiger partial charge in [-0.1, -0.05) is 13.3 Å². The zero-order chi connectivity index (χ0) is 16.1. The Labute approximate surface area is 131 Å². The number of hydrogen-bond acceptors (Lipinski definition) is 7. The molecule has 0 amide bonds. The zero-order valence-corrected chi connectivity index (χ0v) is 12.8. The lowest BCUT2D eigenvalue weighted by molar-refractivity contribution is -0.384. The number of nitrogens with two attached hydrogens (primary N) is 1. The van der Waals surface area contributed by atoms with Gasteiger partial charge >= 0.3 is 5.97 Å². The normalized spacial score (nSPS) is 10.4. The molecule has 0 aliphatic rings. The van der Waals surface area contributed by atoms with Crippen LogP contribution < -0.4 is 5.73 Å². The van der Waals surface area contributed by atoms with E-state index in [1.165, 1.54) is 12.1 Å². The number of anilines is 1. The van der Waals surface area contributed by atoms with Crippen LogP contribution >= 0.6 is 11.5 Å². The summed E-state index contributed by atoms with van der Waals surface area (Å²) >= 11 is 0.964. The van der Waals surface area contributed by atoms with Crippen molar-refractivity contribution in [1.29, 1.82) is 0 Å². The zero-order valence-electron chi connectivity index (χ0n) is 11.9. The fourth-order valence-corrected chi connectivity index (χ4v) is 2.48. The molecule has 1 aromatic carbocycles. The van der Waals surface area contributed by atoms with E-state index < -0.39 is 10.9 Å².